The van der Waals surface area contributed by atoms with Gasteiger partial charge in [0.15, 0.2) is 0 Å². The Balaban J connectivity index is 1.85. The maximum atomic E-state index is 12.9. The van der Waals surface area contributed by atoms with Crippen LogP contribution in [0.3, 0.4) is 0 Å². The molecule has 0 saturated heterocycles. The summed E-state index contributed by atoms with van der Waals surface area (Å²) in [6.07, 6.45) is 4.60. The molecule has 0 aliphatic carbocycles. The van der Waals surface area contributed by atoms with Crippen molar-refractivity contribution in [2.45, 2.75) is 18.0 Å². The first-order valence-electron chi connectivity index (χ1n) is 9.43. The molecule has 0 aliphatic rings. The van der Waals surface area contributed by atoms with Crippen molar-refractivity contribution < 1.29 is 22.4 Å². The monoisotopic (exact) mass is 460 g/mol. The lowest BCUT2D eigenvalue weighted by molar-refractivity contribution is -0.127. The lowest BCUT2D eigenvalue weighted by atomic mass is 10.2. The van der Waals surface area contributed by atoms with E-state index in [1.165, 1.54) is 33.3 Å². The number of ether oxygens (including phenoxy) is 1. The molecule has 0 N–H and O–H groups in total. The highest BCUT2D eigenvalue weighted by molar-refractivity contribution is 7.89. The first-order chi connectivity index (χ1) is 14.8. The van der Waals surface area contributed by atoms with Crippen LogP contribution in [0.15, 0.2) is 69.5 Å². The van der Waals surface area contributed by atoms with Gasteiger partial charge in [0.2, 0.25) is 15.9 Å². The maximum Gasteiger partial charge on any atom is 0.247 e. The van der Waals surface area contributed by atoms with E-state index < -0.39 is 10.0 Å². The molecule has 1 aromatic carbocycles. The van der Waals surface area contributed by atoms with Gasteiger partial charge in [0.1, 0.15) is 16.4 Å². The SMILES string of the molecule is COc1ccc(/C=C/C(=O)N(Cc2ccco2)Cc2cccs2)cc1S(=O)(=O)N(C)C. The van der Waals surface area contributed by atoms with E-state index in [0.717, 1.165) is 9.18 Å². The molecule has 0 spiro atoms. The van der Waals surface area contributed by atoms with Crippen LogP contribution >= 0.6 is 11.3 Å². The minimum atomic E-state index is -3.70. The summed E-state index contributed by atoms with van der Waals surface area (Å²) in [4.78, 5) is 15.7. The summed E-state index contributed by atoms with van der Waals surface area (Å²) >= 11 is 1.57. The lowest BCUT2D eigenvalue weighted by Crippen LogP contribution is -2.28. The third kappa shape index (κ3) is 5.63. The number of hydrogen-bond donors (Lipinski definition) is 0. The zero-order chi connectivity index (χ0) is 22.4. The molecule has 0 radical (unpaired) electrons. The second-order valence-electron chi connectivity index (χ2n) is 6.88. The minimum absolute atomic E-state index is 0.0422. The van der Waals surface area contributed by atoms with Crippen LogP contribution in [-0.4, -0.2) is 44.7 Å². The number of amides is 1. The fourth-order valence-corrected chi connectivity index (χ4v) is 4.66. The Kier molecular flexibility index (Phi) is 7.32. The van der Waals surface area contributed by atoms with Crippen LogP contribution < -0.4 is 4.74 Å². The third-order valence-corrected chi connectivity index (χ3v) is 7.23. The molecule has 2 aromatic heterocycles. The van der Waals surface area contributed by atoms with E-state index in [-0.39, 0.29) is 16.6 Å². The van der Waals surface area contributed by atoms with Crippen molar-refractivity contribution >= 4 is 33.3 Å². The van der Waals surface area contributed by atoms with Crippen LogP contribution in [0, 0.1) is 0 Å². The Bertz CT molecular complexity index is 1100. The predicted octanol–water partition coefficient (Wildman–Crippen LogP) is 3.84. The van der Waals surface area contributed by atoms with Crippen LogP contribution in [-0.2, 0) is 27.9 Å². The Labute approximate surface area is 186 Å². The molecule has 3 rings (SSSR count). The fraction of sp³-hybridized carbons (Fsp3) is 0.227. The fourth-order valence-electron chi connectivity index (χ4n) is 2.86. The smallest absolute Gasteiger partial charge is 0.247 e. The summed E-state index contributed by atoms with van der Waals surface area (Å²) in [6, 6.07) is 12.3. The van der Waals surface area contributed by atoms with Crippen LogP contribution in [0.2, 0.25) is 0 Å². The van der Waals surface area contributed by atoms with Gasteiger partial charge in [-0.2, -0.15) is 0 Å². The van der Waals surface area contributed by atoms with Crippen molar-refractivity contribution in [1.29, 1.82) is 0 Å². The summed E-state index contributed by atoms with van der Waals surface area (Å²) in [7, 11) is 0.632. The van der Waals surface area contributed by atoms with Gasteiger partial charge in [-0.25, -0.2) is 12.7 Å². The Hall–Kier alpha value is -2.88. The zero-order valence-electron chi connectivity index (χ0n) is 17.5. The third-order valence-electron chi connectivity index (χ3n) is 4.53. The van der Waals surface area contributed by atoms with E-state index in [0.29, 0.717) is 24.4 Å². The van der Waals surface area contributed by atoms with Gasteiger partial charge in [-0.1, -0.05) is 12.1 Å². The molecule has 0 bridgehead atoms. The number of rotatable bonds is 9. The Morgan fingerprint density at radius 1 is 1.16 bits per heavy atom. The molecule has 7 nitrogen and oxygen atoms in total. The molecule has 0 atom stereocenters. The molecule has 3 aromatic rings. The van der Waals surface area contributed by atoms with E-state index in [2.05, 4.69) is 0 Å². The molecule has 1 amide bonds. The number of sulfonamides is 1. The highest BCUT2D eigenvalue weighted by Gasteiger charge is 2.22. The molecular formula is C22H24N2O5S2. The van der Waals surface area contributed by atoms with Gasteiger partial charge in [-0.05, 0) is 47.4 Å². The second-order valence-corrected chi connectivity index (χ2v) is 10.0. The zero-order valence-corrected chi connectivity index (χ0v) is 19.2. The highest BCUT2D eigenvalue weighted by atomic mass is 32.2. The van der Waals surface area contributed by atoms with Crippen LogP contribution in [0.5, 0.6) is 5.75 Å². The molecule has 0 aliphatic heterocycles. The van der Waals surface area contributed by atoms with Gasteiger partial charge in [0.05, 0.1) is 26.5 Å². The number of nitrogens with zero attached hydrogens (tertiary/aromatic N) is 2. The number of carbonyl (C=O) groups is 1. The van der Waals surface area contributed by atoms with Gasteiger partial charge >= 0.3 is 0 Å². The number of thiophene rings is 1. The number of benzene rings is 1. The van der Waals surface area contributed by atoms with Crippen molar-refractivity contribution in [1.82, 2.24) is 9.21 Å². The molecule has 31 heavy (non-hydrogen) atoms. The lowest BCUT2D eigenvalue weighted by Gasteiger charge is -2.19. The largest absolute Gasteiger partial charge is 0.495 e. The molecule has 0 fully saturated rings. The number of carbonyl (C=O) groups excluding carboxylic acids is 1. The standard InChI is InChI=1S/C22H24N2O5S2/c1-23(2)31(26,27)21-14-17(8-10-20(21)28-3)9-11-22(25)24(15-18-6-4-12-29-18)16-19-7-5-13-30-19/h4-14H,15-16H2,1-3H3/b11-9+. The number of methoxy groups -OCH3 is 1. The average Bonchev–Trinajstić information content (AvgIpc) is 3.45. The van der Waals surface area contributed by atoms with Gasteiger partial charge in [0, 0.05) is 25.0 Å². The summed E-state index contributed by atoms with van der Waals surface area (Å²) in [6.45, 7) is 0.779. The topological polar surface area (TPSA) is 80.1 Å². The van der Waals surface area contributed by atoms with E-state index in [4.69, 9.17) is 9.15 Å². The van der Waals surface area contributed by atoms with Crippen molar-refractivity contribution in [3.05, 3.63) is 76.4 Å². The van der Waals surface area contributed by atoms with Gasteiger partial charge in [-0.15, -0.1) is 11.3 Å². The van der Waals surface area contributed by atoms with Crippen molar-refractivity contribution in [3.8, 4) is 5.75 Å². The van der Waals surface area contributed by atoms with E-state index in [1.807, 2.05) is 23.6 Å². The molecule has 164 valence electrons. The molecule has 9 heteroatoms. The highest BCUT2D eigenvalue weighted by Crippen LogP contribution is 2.27. The van der Waals surface area contributed by atoms with Crippen molar-refractivity contribution in [3.63, 3.8) is 0 Å². The molecular weight excluding hydrogens is 436 g/mol. The van der Waals surface area contributed by atoms with Gasteiger partial charge < -0.3 is 14.1 Å². The van der Waals surface area contributed by atoms with Crippen molar-refractivity contribution in [2.75, 3.05) is 21.2 Å². The molecule has 0 saturated carbocycles. The summed E-state index contributed by atoms with van der Waals surface area (Å²) in [5.74, 6) is 0.717. The molecule has 2 heterocycles. The van der Waals surface area contributed by atoms with Crippen molar-refractivity contribution in [2.24, 2.45) is 0 Å². The van der Waals surface area contributed by atoms with Crippen LogP contribution in [0.4, 0.5) is 0 Å². The number of furan rings is 1. The van der Waals surface area contributed by atoms with Gasteiger partial charge in [-0.3, -0.25) is 4.79 Å². The summed E-state index contributed by atoms with van der Waals surface area (Å²) < 4.78 is 36.9. The quantitative estimate of drug-likeness (QED) is 0.453. The normalized spacial score (nSPS) is 11.9. The minimum Gasteiger partial charge on any atom is -0.495 e. The number of hydrogen-bond acceptors (Lipinski definition) is 6. The summed E-state index contributed by atoms with van der Waals surface area (Å²) in [5.41, 5.74) is 0.573. The molecule has 0 unspecified atom stereocenters. The second kappa shape index (κ2) is 9.95. The first-order valence-corrected chi connectivity index (χ1v) is 11.8. The van der Waals surface area contributed by atoms with E-state index >= 15 is 0 Å². The Morgan fingerprint density at radius 3 is 2.58 bits per heavy atom. The predicted molar refractivity (Wildman–Crippen MR) is 120 cm³/mol. The average molecular weight is 461 g/mol. The van der Waals surface area contributed by atoms with E-state index in [9.17, 15) is 13.2 Å². The maximum absolute atomic E-state index is 12.9. The van der Waals surface area contributed by atoms with Gasteiger partial charge in [0.25, 0.3) is 0 Å². The first kappa shape index (κ1) is 22.8. The summed E-state index contributed by atoms with van der Waals surface area (Å²) in [5, 5.41) is 1.96. The Morgan fingerprint density at radius 2 is 1.97 bits per heavy atom. The van der Waals surface area contributed by atoms with Crippen LogP contribution in [0.1, 0.15) is 16.2 Å². The van der Waals surface area contributed by atoms with Crippen LogP contribution in [0.25, 0.3) is 6.08 Å². The van der Waals surface area contributed by atoms with E-state index in [1.54, 1.807) is 46.8 Å².